The molecule has 0 saturated heterocycles. The molecule has 1 unspecified atom stereocenters. The summed E-state index contributed by atoms with van der Waals surface area (Å²) < 4.78 is 5.20. The molecule has 0 bridgehead atoms. The molecule has 0 heterocycles. The average molecular weight is 243 g/mol. The fourth-order valence-electron chi connectivity index (χ4n) is 1.27. The second-order valence-corrected chi connectivity index (χ2v) is 4.45. The Morgan fingerprint density at radius 3 is 2.88 bits per heavy atom. The van der Waals surface area contributed by atoms with Crippen LogP contribution in [-0.4, -0.2) is 35.8 Å². The molecule has 0 aliphatic carbocycles. The number of nitrogens with two attached hydrogens (primary N) is 1. The highest BCUT2D eigenvalue weighted by molar-refractivity contribution is 7.98. The summed E-state index contributed by atoms with van der Waals surface area (Å²) in [6, 6.07) is 5.47. The van der Waals surface area contributed by atoms with E-state index in [1.807, 2.05) is 12.1 Å². The summed E-state index contributed by atoms with van der Waals surface area (Å²) in [5.74, 6) is 1.99. The van der Waals surface area contributed by atoms with Crippen LogP contribution in [0, 0.1) is 0 Å². The van der Waals surface area contributed by atoms with Crippen LogP contribution in [0.1, 0.15) is 5.56 Å². The Bertz CT molecular complexity index is 333. The molecule has 0 aliphatic heterocycles. The van der Waals surface area contributed by atoms with Crippen LogP contribution >= 0.6 is 11.8 Å². The highest BCUT2D eigenvalue weighted by Crippen LogP contribution is 2.25. The van der Waals surface area contributed by atoms with Crippen LogP contribution in [0.5, 0.6) is 5.75 Å². The van der Waals surface area contributed by atoms with E-state index in [0.29, 0.717) is 17.2 Å². The zero-order valence-corrected chi connectivity index (χ0v) is 10.0. The SMILES string of the molecule is COc1ccc(N)cc1CSCC(O)CO. The molecule has 0 spiro atoms. The van der Waals surface area contributed by atoms with Crippen molar-refractivity contribution in [1.82, 2.24) is 0 Å². The van der Waals surface area contributed by atoms with Crippen molar-refractivity contribution in [2.45, 2.75) is 11.9 Å². The summed E-state index contributed by atoms with van der Waals surface area (Å²) in [7, 11) is 1.61. The number of methoxy groups -OCH3 is 1. The number of aliphatic hydroxyl groups excluding tert-OH is 2. The van der Waals surface area contributed by atoms with Gasteiger partial charge in [-0.1, -0.05) is 0 Å². The lowest BCUT2D eigenvalue weighted by molar-refractivity contribution is 0.113. The predicted octanol–water partition coefficient (Wildman–Crippen LogP) is 0.864. The lowest BCUT2D eigenvalue weighted by Gasteiger charge is -2.10. The lowest BCUT2D eigenvalue weighted by atomic mass is 10.2. The zero-order valence-electron chi connectivity index (χ0n) is 9.22. The van der Waals surface area contributed by atoms with Crippen molar-refractivity contribution >= 4 is 17.4 Å². The molecule has 0 saturated carbocycles. The molecule has 1 aromatic carbocycles. The van der Waals surface area contributed by atoms with E-state index in [-0.39, 0.29) is 6.61 Å². The molecule has 16 heavy (non-hydrogen) atoms. The second kappa shape index (κ2) is 6.62. The average Bonchev–Trinajstić information content (AvgIpc) is 2.29. The Hall–Kier alpha value is -0.910. The minimum atomic E-state index is -0.669. The molecule has 4 nitrogen and oxygen atoms in total. The van der Waals surface area contributed by atoms with E-state index in [1.165, 1.54) is 11.8 Å². The number of aliphatic hydroxyl groups is 2. The van der Waals surface area contributed by atoms with Gasteiger partial charge in [0.2, 0.25) is 0 Å². The number of rotatable bonds is 6. The van der Waals surface area contributed by atoms with E-state index >= 15 is 0 Å². The standard InChI is InChI=1S/C11H17NO3S/c1-15-11-3-2-9(12)4-8(11)6-16-7-10(14)5-13/h2-4,10,13-14H,5-7,12H2,1H3. The fraction of sp³-hybridized carbons (Fsp3) is 0.455. The third-order valence-corrected chi connectivity index (χ3v) is 3.22. The van der Waals surface area contributed by atoms with Crippen LogP contribution in [0.15, 0.2) is 18.2 Å². The van der Waals surface area contributed by atoms with E-state index in [2.05, 4.69) is 0 Å². The van der Waals surface area contributed by atoms with Crippen molar-refractivity contribution < 1.29 is 14.9 Å². The first-order valence-electron chi connectivity index (χ1n) is 4.96. The maximum absolute atomic E-state index is 9.19. The van der Waals surface area contributed by atoms with Gasteiger partial charge in [0.25, 0.3) is 0 Å². The van der Waals surface area contributed by atoms with Crippen molar-refractivity contribution in [3.05, 3.63) is 23.8 Å². The normalized spacial score (nSPS) is 12.4. The molecule has 1 rings (SSSR count). The summed E-state index contributed by atoms with van der Waals surface area (Å²) >= 11 is 1.53. The smallest absolute Gasteiger partial charge is 0.123 e. The minimum Gasteiger partial charge on any atom is -0.496 e. The van der Waals surface area contributed by atoms with E-state index in [0.717, 1.165) is 11.3 Å². The fourth-order valence-corrected chi connectivity index (χ4v) is 2.21. The Morgan fingerprint density at radius 1 is 1.50 bits per heavy atom. The van der Waals surface area contributed by atoms with E-state index in [9.17, 15) is 5.11 Å². The van der Waals surface area contributed by atoms with Gasteiger partial charge in [-0.2, -0.15) is 11.8 Å². The molecule has 0 fully saturated rings. The second-order valence-electron chi connectivity index (χ2n) is 3.42. The Labute approximate surface area is 99.4 Å². The quantitative estimate of drug-likeness (QED) is 0.646. The molecular formula is C11H17NO3S. The van der Waals surface area contributed by atoms with Crippen LogP contribution < -0.4 is 10.5 Å². The summed E-state index contributed by atoms with van der Waals surface area (Å²) in [4.78, 5) is 0. The number of nitrogen functional groups attached to an aromatic ring is 1. The number of thioether (sulfide) groups is 1. The predicted molar refractivity (Wildman–Crippen MR) is 66.7 cm³/mol. The molecule has 0 aliphatic rings. The van der Waals surface area contributed by atoms with Crippen molar-refractivity contribution in [1.29, 1.82) is 0 Å². The van der Waals surface area contributed by atoms with Gasteiger partial charge in [0, 0.05) is 22.8 Å². The first-order chi connectivity index (χ1) is 7.67. The van der Waals surface area contributed by atoms with Gasteiger partial charge in [-0.05, 0) is 18.2 Å². The number of benzene rings is 1. The summed E-state index contributed by atoms with van der Waals surface area (Å²) in [6.07, 6.45) is -0.669. The third-order valence-electron chi connectivity index (χ3n) is 2.08. The zero-order chi connectivity index (χ0) is 12.0. The number of anilines is 1. The first kappa shape index (κ1) is 13.2. The summed E-state index contributed by atoms with van der Waals surface area (Å²) in [5.41, 5.74) is 7.38. The van der Waals surface area contributed by atoms with Crippen molar-refractivity contribution in [2.75, 3.05) is 25.2 Å². The van der Waals surface area contributed by atoms with Gasteiger partial charge in [0.05, 0.1) is 19.8 Å². The van der Waals surface area contributed by atoms with Gasteiger partial charge in [-0.15, -0.1) is 0 Å². The van der Waals surface area contributed by atoms with E-state index < -0.39 is 6.10 Å². The van der Waals surface area contributed by atoms with E-state index in [1.54, 1.807) is 13.2 Å². The van der Waals surface area contributed by atoms with Crippen LogP contribution in [0.3, 0.4) is 0 Å². The van der Waals surface area contributed by atoms with Crippen LogP contribution in [-0.2, 0) is 5.75 Å². The molecule has 0 aromatic heterocycles. The van der Waals surface area contributed by atoms with Crippen molar-refractivity contribution in [2.24, 2.45) is 0 Å². The summed E-state index contributed by atoms with van der Waals surface area (Å²) in [6.45, 7) is -0.207. The van der Waals surface area contributed by atoms with Crippen LogP contribution in [0.25, 0.3) is 0 Å². The minimum absolute atomic E-state index is 0.207. The van der Waals surface area contributed by atoms with Crippen LogP contribution in [0.4, 0.5) is 5.69 Å². The molecule has 90 valence electrons. The van der Waals surface area contributed by atoms with Gasteiger partial charge in [-0.25, -0.2) is 0 Å². The first-order valence-corrected chi connectivity index (χ1v) is 6.12. The van der Waals surface area contributed by atoms with Crippen LogP contribution in [0.2, 0.25) is 0 Å². The maximum Gasteiger partial charge on any atom is 0.123 e. The lowest BCUT2D eigenvalue weighted by Crippen LogP contribution is -2.14. The molecule has 4 N–H and O–H groups in total. The largest absolute Gasteiger partial charge is 0.496 e. The maximum atomic E-state index is 9.19. The number of hydrogen-bond acceptors (Lipinski definition) is 5. The Morgan fingerprint density at radius 2 is 2.25 bits per heavy atom. The molecule has 1 atom stereocenters. The molecule has 5 heteroatoms. The van der Waals surface area contributed by atoms with Gasteiger partial charge in [0.15, 0.2) is 0 Å². The van der Waals surface area contributed by atoms with Gasteiger partial charge >= 0.3 is 0 Å². The van der Waals surface area contributed by atoms with Gasteiger partial charge in [0.1, 0.15) is 5.75 Å². The van der Waals surface area contributed by atoms with Gasteiger partial charge in [-0.3, -0.25) is 0 Å². The number of ether oxygens (including phenoxy) is 1. The van der Waals surface area contributed by atoms with Gasteiger partial charge < -0.3 is 20.7 Å². The van der Waals surface area contributed by atoms with Crippen molar-refractivity contribution in [3.8, 4) is 5.75 Å². The summed E-state index contributed by atoms with van der Waals surface area (Å²) in [5, 5.41) is 17.9. The monoisotopic (exact) mass is 243 g/mol. The topological polar surface area (TPSA) is 75.7 Å². The Kier molecular flexibility index (Phi) is 5.45. The third kappa shape index (κ3) is 3.92. The van der Waals surface area contributed by atoms with E-state index in [4.69, 9.17) is 15.6 Å². The molecular weight excluding hydrogens is 226 g/mol. The molecule has 1 aromatic rings. The van der Waals surface area contributed by atoms with Crippen molar-refractivity contribution in [3.63, 3.8) is 0 Å². The highest BCUT2D eigenvalue weighted by Gasteiger charge is 2.06. The number of hydrogen-bond donors (Lipinski definition) is 3. The molecule has 0 radical (unpaired) electrons. The molecule has 0 amide bonds. The highest BCUT2D eigenvalue weighted by atomic mass is 32.2. The Balaban J connectivity index is 2.55.